The van der Waals surface area contributed by atoms with Gasteiger partial charge in [0.2, 0.25) is 5.91 Å². The quantitative estimate of drug-likeness (QED) is 0.189. The summed E-state index contributed by atoms with van der Waals surface area (Å²) in [5, 5.41) is 12.6. The van der Waals surface area contributed by atoms with Crippen LogP contribution < -0.4 is 4.90 Å². The van der Waals surface area contributed by atoms with Crippen LogP contribution in [0.2, 0.25) is 0 Å². The molecule has 0 radical (unpaired) electrons. The van der Waals surface area contributed by atoms with Crippen LogP contribution in [0.25, 0.3) is 10.8 Å². The summed E-state index contributed by atoms with van der Waals surface area (Å²) in [5.74, 6) is -2.78. The van der Waals surface area contributed by atoms with Crippen LogP contribution in [0.1, 0.15) is 52.4 Å². The number of benzene rings is 2. The Morgan fingerprint density at radius 2 is 1.95 bits per heavy atom. The molecule has 3 saturated heterocycles. The molecular weight excluding hydrogens is 544 g/mol. The lowest BCUT2D eigenvalue weighted by Crippen LogP contribution is -2.60. The van der Waals surface area contributed by atoms with Gasteiger partial charge in [0.25, 0.3) is 5.91 Å². The van der Waals surface area contributed by atoms with Gasteiger partial charge in [-0.1, -0.05) is 62.8 Å². The molecule has 2 amide bonds. The van der Waals surface area contributed by atoms with Crippen molar-refractivity contribution in [3.63, 3.8) is 0 Å². The molecule has 5 rings (SSSR count). The first-order chi connectivity index (χ1) is 20.8. The molecule has 8 heteroatoms. The molecule has 0 aliphatic carbocycles. The van der Waals surface area contributed by atoms with Gasteiger partial charge in [0, 0.05) is 12.2 Å². The number of esters is 1. The van der Waals surface area contributed by atoms with E-state index < -0.39 is 41.6 Å². The molecule has 0 saturated carbocycles. The number of rotatable bonds is 14. The lowest BCUT2D eigenvalue weighted by atomic mass is 9.70. The minimum atomic E-state index is -1.18. The molecule has 0 aromatic heterocycles. The smallest absolute Gasteiger partial charge is 0.312 e. The maximum absolute atomic E-state index is 14.8. The van der Waals surface area contributed by atoms with Crippen molar-refractivity contribution in [1.29, 1.82) is 0 Å². The summed E-state index contributed by atoms with van der Waals surface area (Å²) in [6, 6.07) is 12.2. The molecule has 1 N–H and O–H groups in total. The van der Waals surface area contributed by atoms with Crippen LogP contribution in [0.5, 0.6) is 0 Å². The molecule has 3 aliphatic heterocycles. The standard InChI is InChI=1S/C35H44N2O6/c1-5-8-9-12-20-42-34(41)29-28-17-18-35(43-28)30(29)32(39)37(27(22-38)23(4)7-3)31(35)33(40)36(19-6-2)26-16-15-24-13-10-11-14-25(24)21-26/h5-6,10-11,13-16,21,23,27-31,38H,1-2,7-9,12,17-20,22H2,3-4H3/t23-,27-,28-,29+,30-,31?,35?/m0/s1. The van der Waals surface area contributed by atoms with Crippen LogP contribution in [-0.2, 0) is 23.9 Å². The van der Waals surface area contributed by atoms with E-state index in [0.717, 1.165) is 23.6 Å². The molecule has 3 fully saturated rings. The number of aliphatic hydroxyl groups excluding tert-OH is 1. The number of carbonyl (C=O) groups excluding carboxylic acids is 3. The number of allylic oxidation sites excluding steroid dienone is 1. The third kappa shape index (κ3) is 5.40. The van der Waals surface area contributed by atoms with Crippen LogP contribution in [0.15, 0.2) is 67.8 Å². The van der Waals surface area contributed by atoms with Gasteiger partial charge < -0.3 is 24.4 Å². The van der Waals surface area contributed by atoms with E-state index in [9.17, 15) is 19.5 Å². The summed E-state index contributed by atoms with van der Waals surface area (Å²) < 4.78 is 12.3. The van der Waals surface area contributed by atoms with Crippen molar-refractivity contribution in [3.8, 4) is 0 Å². The molecule has 7 atom stereocenters. The fraction of sp³-hybridized carbons (Fsp3) is 0.514. The van der Waals surface area contributed by atoms with Gasteiger partial charge in [-0.2, -0.15) is 0 Å². The first-order valence-electron chi connectivity index (χ1n) is 15.6. The van der Waals surface area contributed by atoms with Crippen LogP contribution in [0.4, 0.5) is 5.69 Å². The molecule has 1 spiro atoms. The molecule has 3 heterocycles. The number of aliphatic hydroxyl groups is 1. The van der Waals surface area contributed by atoms with Crippen molar-refractivity contribution in [2.75, 3.05) is 24.7 Å². The monoisotopic (exact) mass is 588 g/mol. The molecule has 43 heavy (non-hydrogen) atoms. The molecular formula is C35H44N2O6. The van der Waals surface area contributed by atoms with Crippen molar-refractivity contribution >= 4 is 34.2 Å². The topological polar surface area (TPSA) is 96.4 Å². The lowest BCUT2D eigenvalue weighted by molar-refractivity contribution is -0.156. The first kappa shape index (κ1) is 31.0. The van der Waals surface area contributed by atoms with E-state index in [1.807, 2.05) is 62.4 Å². The Bertz CT molecular complexity index is 1380. The second-order valence-electron chi connectivity index (χ2n) is 12.2. The molecule has 2 aromatic carbocycles. The normalized spacial score (nSPS) is 27.1. The number of ether oxygens (including phenoxy) is 2. The number of nitrogens with zero attached hydrogens (tertiary/aromatic N) is 2. The van der Waals surface area contributed by atoms with Crippen LogP contribution in [-0.4, -0.2) is 71.3 Å². The van der Waals surface area contributed by atoms with Crippen LogP contribution >= 0.6 is 0 Å². The summed E-state index contributed by atoms with van der Waals surface area (Å²) in [5.41, 5.74) is -0.495. The van der Waals surface area contributed by atoms with Gasteiger partial charge in [-0.3, -0.25) is 14.4 Å². The highest BCUT2D eigenvalue weighted by Gasteiger charge is 2.75. The molecule has 2 bridgehead atoms. The summed E-state index contributed by atoms with van der Waals surface area (Å²) >= 11 is 0. The van der Waals surface area contributed by atoms with Gasteiger partial charge >= 0.3 is 5.97 Å². The SMILES string of the molecule is C=CCCCCOC(=O)[C@@H]1[C@@H]2CCC3(O2)C(C(=O)N(CC=C)c2ccc4ccccc4c2)N([C@@H](CO)[C@@H](C)CC)C(=O)[C@H]13. The van der Waals surface area contributed by atoms with Gasteiger partial charge in [0.15, 0.2) is 0 Å². The number of unbranched alkanes of at least 4 members (excludes halogenated alkanes) is 2. The van der Waals surface area contributed by atoms with E-state index in [4.69, 9.17) is 9.47 Å². The number of fused-ring (bicyclic) bond motifs is 2. The Morgan fingerprint density at radius 1 is 1.19 bits per heavy atom. The van der Waals surface area contributed by atoms with Gasteiger partial charge in [-0.15, -0.1) is 13.2 Å². The number of hydrogen-bond acceptors (Lipinski definition) is 6. The van der Waals surface area contributed by atoms with Crippen molar-refractivity contribution in [1.82, 2.24) is 4.90 Å². The average Bonchev–Trinajstić information content (AvgIpc) is 3.67. The van der Waals surface area contributed by atoms with Gasteiger partial charge in [-0.05, 0) is 60.9 Å². The summed E-state index contributed by atoms with van der Waals surface area (Å²) in [7, 11) is 0. The Hall–Kier alpha value is -3.49. The van der Waals surface area contributed by atoms with E-state index in [-0.39, 0.29) is 37.5 Å². The highest BCUT2D eigenvalue weighted by atomic mass is 16.6. The number of anilines is 1. The van der Waals surface area contributed by atoms with Gasteiger partial charge in [0.05, 0.1) is 37.2 Å². The average molecular weight is 589 g/mol. The van der Waals surface area contributed by atoms with E-state index in [0.29, 0.717) is 31.4 Å². The minimum Gasteiger partial charge on any atom is -0.465 e. The van der Waals surface area contributed by atoms with E-state index in [1.165, 1.54) is 0 Å². The minimum absolute atomic E-state index is 0.0829. The number of hydrogen-bond donors (Lipinski definition) is 1. The number of amides is 2. The fourth-order valence-electron chi connectivity index (χ4n) is 7.41. The number of carbonyl (C=O) groups is 3. The Balaban J connectivity index is 1.53. The molecule has 8 nitrogen and oxygen atoms in total. The predicted molar refractivity (Wildman–Crippen MR) is 166 cm³/mol. The Kier molecular flexibility index (Phi) is 9.37. The van der Waals surface area contributed by atoms with Gasteiger partial charge in [0.1, 0.15) is 11.6 Å². The second-order valence-corrected chi connectivity index (χ2v) is 12.2. The van der Waals surface area contributed by atoms with E-state index in [1.54, 1.807) is 15.9 Å². The highest BCUT2D eigenvalue weighted by molar-refractivity contribution is 6.05. The summed E-state index contributed by atoms with van der Waals surface area (Å²) in [4.78, 5) is 46.0. The Morgan fingerprint density at radius 3 is 2.65 bits per heavy atom. The Labute approximate surface area is 254 Å². The molecule has 2 aromatic rings. The molecule has 230 valence electrons. The zero-order valence-corrected chi connectivity index (χ0v) is 25.3. The second kappa shape index (κ2) is 13.0. The highest BCUT2D eigenvalue weighted by Crippen LogP contribution is 2.59. The largest absolute Gasteiger partial charge is 0.465 e. The van der Waals surface area contributed by atoms with Crippen molar-refractivity contribution in [2.24, 2.45) is 17.8 Å². The van der Waals surface area contributed by atoms with Crippen LogP contribution in [0, 0.1) is 17.8 Å². The maximum Gasteiger partial charge on any atom is 0.312 e. The summed E-state index contributed by atoms with van der Waals surface area (Å²) in [6.45, 7) is 11.8. The third-order valence-corrected chi connectivity index (χ3v) is 9.76. The summed E-state index contributed by atoms with van der Waals surface area (Å²) in [6.07, 6.45) is 7.15. The zero-order chi connectivity index (χ0) is 30.7. The number of likely N-dealkylation sites (tertiary alicyclic amines) is 1. The van der Waals surface area contributed by atoms with Crippen molar-refractivity contribution < 1.29 is 29.0 Å². The molecule has 3 aliphatic rings. The van der Waals surface area contributed by atoms with E-state index >= 15 is 0 Å². The van der Waals surface area contributed by atoms with Crippen LogP contribution in [0.3, 0.4) is 0 Å². The van der Waals surface area contributed by atoms with Gasteiger partial charge in [-0.25, -0.2) is 0 Å². The first-order valence-corrected chi connectivity index (χ1v) is 15.6. The zero-order valence-electron chi connectivity index (χ0n) is 25.3. The third-order valence-electron chi connectivity index (χ3n) is 9.76. The molecule has 2 unspecified atom stereocenters. The maximum atomic E-state index is 14.8. The van der Waals surface area contributed by atoms with E-state index in [2.05, 4.69) is 13.2 Å². The van der Waals surface area contributed by atoms with Crippen molar-refractivity contribution in [3.05, 3.63) is 67.8 Å². The fourth-order valence-corrected chi connectivity index (χ4v) is 7.41. The lowest BCUT2D eigenvalue weighted by Gasteiger charge is -2.41. The predicted octanol–water partition coefficient (Wildman–Crippen LogP) is 5.04. The van der Waals surface area contributed by atoms with Crippen molar-refractivity contribution in [2.45, 2.75) is 76.2 Å².